The fourth-order valence-electron chi connectivity index (χ4n) is 1.79. The molecule has 1 N–H and O–H groups in total. The van der Waals surface area contributed by atoms with Crippen LogP contribution in [0.3, 0.4) is 0 Å². The summed E-state index contributed by atoms with van der Waals surface area (Å²) in [4.78, 5) is 0. The van der Waals surface area contributed by atoms with Gasteiger partial charge in [-0.3, -0.25) is 0 Å². The quantitative estimate of drug-likeness (QED) is 0.685. The Bertz CT molecular complexity index is 423. The minimum atomic E-state index is 0.907. The molecule has 0 aliphatic carbocycles. The van der Waals surface area contributed by atoms with Gasteiger partial charge in [0.25, 0.3) is 0 Å². The second-order valence-corrected chi connectivity index (χ2v) is 5.12. The van der Waals surface area contributed by atoms with Crippen molar-refractivity contribution >= 4 is 5.69 Å². The van der Waals surface area contributed by atoms with E-state index in [9.17, 15) is 0 Å². The molecule has 0 aliphatic heterocycles. The van der Waals surface area contributed by atoms with Gasteiger partial charge in [-0.05, 0) is 58.2 Å². The summed E-state index contributed by atoms with van der Waals surface area (Å²) in [5.41, 5.74) is 5.35. The number of hydrogen-bond acceptors (Lipinski definition) is 1. The number of rotatable bonds is 6. The van der Waals surface area contributed by atoms with E-state index in [4.69, 9.17) is 0 Å². The van der Waals surface area contributed by atoms with Gasteiger partial charge in [0.1, 0.15) is 0 Å². The molecular weight excluding hydrogens is 218 g/mol. The molecule has 0 heterocycles. The Kier molecular flexibility index (Phi) is 6.27. The van der Waals surface area contributed by atoms with Gasteiger partial charge in [0.2, 0.25) is 0 Å². The molecule has 0 aromatic heterocycles. The molecular formula is C17H25N. The summed E-state index contributed by atoms with van der Waals surface area (Å²) in [5, 5.41) is 3.42. The number of anilines is 1. The summed E-state index contributed by atoms with van der Waals surface area (Å²) in [6.07, 6.45) is 6.88. The van der Waals surface area contributed by atoms with Gasteiger partial charge in [-0.25, -0.2) is 0 Å². The maximum absolute atomic E-state index is 3.42. The minimum Gasteiger partial charge on any atom is -0.382 e. The molecule has 98 valence electrons. The van der Waals surface area contributed by atoms with E-state index in [1.54, 1.807) is 0 Å². The van der Waals surface area contributed by atoms with Gasteiger partial charge in [0, 0.05) is 12.2 Å². The monoisotopic (exact) mass is 243 g/mol. The maximum atomic E-state index is 3.42. The highest BCUT2D eigenvalue weighted by Gasteiger charge is 1.91. The normalized spacial score (nSPS) is 11.2. The molecule has 0 aliphatic rings. The van der Waals surface area contributed by atoms with E-state index < -0.39 is 0 Å². The summed E-state index contributed by atoms with van der Waals surface area (Å²) in [5.74, 6) is 0. The predicted octanol–water partition coefficient (Wildman–Crippen LogP) is 5.10. The predicted molar refractivity (Wildman–Crippen MR) is 82.1 cm³/mol. The Balaban J connectivity index is 2.33. The lowest BCUT2D eigenvalue weighted by atomic mass is 10.1. The van der Waals surface area contributed by atoms with Crippen molar-refractivity contribution in [3.05, 3.63) is 53.1 Å². The van der Waals surface area contributed by atoms with Crippen molar-refractivity contribution in [3.8, 4) is 0 Å². The van der Waals surface area contributed by atoms with Gasteiger partial charge in [0.15, 0.2) is 0 Å². The molecule has 0 bridgehead atoms. The first-order chi connectivity index (χ1) is 8.58. The summed E-state index contributed by atoms with van der Waals surface area (Å²) < 4.78 is 0. The summed E-state index contributed by atoms with van der Waals surface area (Å²) >= 11 is 0. The third-order valence-electron chi connectivity index (χ3n) is 2.87. The van der Waals surface area contributed by atoms with Gasteiger partial charge in [-0.15, -0.1) is 0 Å². The molecule has 0 saturated carbocycles. The molecule has 18 heavy (non-hydrogen) atoms. The fraction of sp³-hybridized carbons (Fsp3) is 0.412. The van der Waals surface area contributed by atoms with Crippen LogP contribution >= 0.6 is 0 Å². The second-order valence-electron chi connectivity index (χ2n) is 5.12. The third kappa shape index (κ3) is 6.29. The average Bonchev–Trinajstić information content (AvgIpc) is 2.28. The van der Waals surface area contributed by atoms with Crippen LogP contribution in [0.25, 0.3) is 0 Å². The van der Waals surface area contributed by atoms with Crippen molar-refractivity contribution in [2.45, 2.75) is 40.5 Å². The van der Waals surface area contributed by atoms with E-state index in [0.29, 0.717) is 0 Å². The van der Waals surface area contributed by atoms with E-state index >= 15 is 0 Å². The third-order valence-corrected chi connectivity index (χ3v) is 2.87. The van der Waals surface area contributed by atoms with E-state index in [1.807, 2.05) is 0 Å². The molecule has 0 fully saturated rings. The Hall–Kier alpha value is -1.50. The first-order valence-electron chi connectivity index (χ1n) is 6.67. The molecule has 0 radical (unpaired) electrons. The van der Waals surface area contributed by atoms with Crippen LogP contribution in [0, 0.1) is 6.92 Å². The zero-order valence-electron chi connectivity index (χ0n) is 12.1. The van der Waals surface area contributed by atoms with Crippen molar-refractivity contribution in [2.24, 2.45) is 0 Å². The molecule has 1 aromatic rings. The van der Waals surface area contributed by atoms with Crippen LogP contribution in [-0.2, 0) is 0 Å². The summed E-state index contributed by atoms with van der Waals surface area (Å²) in [7, 11) is 0. The van der Waals surface area contributed by atoms with Crippen molar-refractivity contribution in [1.29, 1.82) is 0 Å². The van der Waals surface area contributed by atoms with E-state index in [0.717, 1.165) is 19.4 Å². The molecule has 0 unspecified atom stereocenters. The van der Waals surface area contributed by atoms with Gasteiger partial charge < -0.3 is 5.32 Å². The molecule has 0 spiro atoms. The fourth-order valence-corrected chi connectivity index (χ4v) is 1.79. The maximum Gasteiger partial charge on any atom is 0.0345 e. The van der Waals surface area contributed by atoms with Crippen molar-refractivity contribution in [1.82, 2.24) is 0 Å². The van der Waals surface area contributed by atoms with Crippen LogP contribution in [0.2, 0.25) is 0 Å². The van der Waals surface area contributed by atoms with Crippen LogP contribution < -0.4 is 5.32 Å². The standard InChI is InChI=1S/C17H25N/c1-14(2)7-5-8-15(3)11-12-18-17-10-6-9-16(4)13-17/h6-7,9-11,13,18H,5,8,12H2,1-4H3. The molecule has 1 heteroatoms. The largest absolute Gasteiger partial charge is 0.382 e. The Labute approximate surface area is 112 Å². The molecule has 0 amide bonds. The lowest BCUT2D eigenvalue weighted by Crippen LogP contribution is -1.99. The average molecular weight is 243 g/mol. The lowest BCUT2D eigenvalue weighted by molar-refractivity contribution is 0.959. The first kappa shape index (κ1) is 14.6. The topological polar surface area (TPSA) is 12.0 Å². The van der Waals surface area contributed by atoms with Crippen molar-refractivity contribution in [3.63, 3.8) is 0 Å². The van der Waals surface area contributed by atoms with Crippen molar-refractivity contribution < 1.29 is 0 Å². The van der Waals surface area contributed by atoms with Crippen LogP contribution in [0.4, 0.5) is 5.69 Å². The van der Waals surface area contributed by atoms with Crippen LogP contribution in [-0.4, -0.2) is 6.54 Å². The lowest BCUT2D eigenvalue weighted by Gasteiger charge is -2.05. The zero-order chi connectivity index (χ0) is 13.4. The van der Waals surface area contributed by atoms with Crippen molar-refractivity contribution in [2.75, 3.05) is 11.9 Å². The highest BCUT2D eigenvalue weighted by atomic mass is 14.8. The van der Waals surface area contributed by atoms with Crippen LogP contribution in [0.5, 0.6) is 0 Å². The summed E-state index contributed by atoms with van der Waals surface area (Å²) in [6, 6.07) is 8.49. The number of hydrogen-bond donors (Lipinski definition) is 1. The van der Waals surface area contributed by atoms with E-state index in [-0.39, 0.29) is 0 Å². The number of aryl methyl sites for hydroxylation is 1. The van der Waals surface area contributed by atoms with E-state index in [1.165, 1.54) is 22.4 Å². The number of allylic oxidation sites excluding steroid dienone is 3. The number of benzene rings is 1. The summed E-state index contributed by atoms with van der Waals surface area (Å²) in [6.45, 7) is 9.53. The van der Waals surface area contributed by atoms with Gasteiger partial charge in [-0.2, -0.15) is 0 Å². The second kappa shape index (κ2) is 7.75. The molecule has 0 atom stereocenters. The van der Waals surface area contributed by atoms with Gasteiger partial charge >= 0.3 is 0 Å². The van der Waals surface area contributed by atoms with Crippen LogP contribution in [0.1, 0.15) is 39.2 Å². The Morgan fingerprint density at radius 3 is 2.61 bits per heavy atom. The minimum absolute atomic E-state index is 0.907. The smallest absolute Gasteiger partial charge is 0.0345 e. The molecule has 0 saturated heterocycles. The molecule has 1 aromatic carbocycles. The highest BCUT2D eigenvalue weighted by Crippen LogP contribution is 2.10. The zero-order valence-corrected chi connectivity index (χ0v) is 12.1. The van der Waals surface area contributed by atoms with Gasteiger partial charge in [-0.1, -0.05) is 35.4 Å². The Morgan fingerprint density at radius 1 is 1.17 bits per heavy atom. The molecule has 1 rings (SSSR count). The van der Waals surface area contributed by atoms with Crippen LogP contribution in [0.15, 0.2) is 47.6 Å². The first-order valence-corrected chi connectivity index (χ1v) is 6.67. The highest BCUT2D eigenvalue weighted by molar-refractivity contribution is 5.45. The van der Waals surface area contributed by atoms with Gasteiger partial charge in [0.05, 0.1) is 0 Å². The Morgan fingerprint density at radius 2 is 1.94 bits per heavy atom. The SMILES string of the molecule is CC(C)=CCCC(C)=CCNc1cccc(C)c1. The van der Waals surface area contributed by atoms with E-state index in [2.05, 4.69) is 69.4 Å². The number of nitrogens with one attached hydrogen (secondary N) is 1. The molecule has 1 nitrogen and oxygen atoms in total.